The number of carbonyl (C=O) groups is 1. The Morgan fingerprint density at radius 1 is 1.17 bits per heavy atom. The quantitative estimate of drug-likeness (QED) is 0.665. The van der Waals surface area contributed by atoms with Gasteiger partial charge in [-0.2, -0.15) is 5.10 Å². The second-order valence-electron chi connectivity index (χ2n) is 7.13. The molecule has 1 aliphatic heterocycles. The first kappa shape index (κ1) is 19.7. The van der Waals surface area contributed by atoms with Crippen LogP contribution in [-0.4, -0.2) is 32.0 Å². The molecule has 0 saturated carbocycles. The van der Waals surface area contributed by atoms with Crippen molar-refractivity contribution >= 4 is 5.91 Å². The number of aryl methyl sites for hydroxylation is 3. The molecule has 0 atom stereocenters. The molecule has 2 aromatic heterocycles. The van der Waals surface area contributed by atoms with Crippen molar-refractivity contribution in [1.29, 1.82) is 0 Å². The number of fused-ring (bicyclic) bond motifs is 1. The van der Waals surface area contributed by atoms with Crippen LogP contribution < -0.4 is 20.3 Å². The number of benzene rings is 1. The molecule has 9 heteroatoms. The predicted molar refractivity (Wildman–Crippen MR) is 109 cm³/mol. The summed E-state index contributed by atoms with van der Waals surface area (Å²) in [6, 6.07) is 8.85. The first-order valence-electron chi connectivity index (χ1n) is 9.74. The van der Waals surface area contributed by atoms with E-state index in [4.69, 9.17) is 9.47 Å². The van der Waals surface area contributed by atoms with E-state index >= 15 is 0 Å². The number of aromatic nitrogens is 4. The summed E-state index contributed by atoms with van der Waals surface area (Å²) in [6.45, 7) is 6.02. The van der Waals surface area contributed by atoms with E-state index in [2.05, 4.69) is 15.4 Å². The molecule has 1 N–H and O–H groups in total. The predicted octanol–water partition coefficient (Wildman–Crippen LogP) is 1.65. The second kappa shape index (κ2) is 8.02. The van der Waals surface area contributed by atoms with Gasteiger partial charge in [-0.05, 0) is 44.0 Å². The lowest BCUT2D eigenvalue weighted by atomic mass is 10.2. The Bertz CT molecular complexity index is 1160. The van der Waals surface area contributed by atoms with Crippen molar-refractivity contribution in [3.63, 3.8) is 0 Å². The second-order valence-corrected chi connectivity index (χ2v) is 7.13. The zero-order valence-corrected chi connectivity index (χ0v) is 17.1. The topological polar surface area (TPSA) is 100 Å². The van der Waals surface area contributed by atoms with Crippen LogP contribution in [0.4, 0.5) is 0 Å². The number of hydrogen-bond donors (Lipinski definition) is 1. The van der Waals surface area contributed by atoms with Crippen LogP contribution in [0, 0.1) is 13.8 Å². The van der Waals surface area contributed by atoms with E-state index in [9.17, 15) is 9.59 Å². The van der Waals surface area contributed by atoms with Gasteiger partial charge >= 0.3 is 0 Å². The molecular weight excluding hydrogens is 386 g/mol. The fourth-order valence-electron chi connectivity index (χ4n) is 3.31. The minimum absolute atomic E-state index is 0.159. The molecule has 0 spiro atoms. The van der Waals surface area contributed by atoms with E-state index in [0.717, 1.165) is 17.0 Å². The molecule has 0 aliphatic carbocycles. The molecule has 0 radical (unpaired) electrons. The highest BCUT2D eigenvalue weighted by Crippen LogP contribution is 2.32. The Labute approximate surface area is 173 Å². The molecule has 0 bridgehead atoms. The third kappa shape index (κ3) is 3.91. The summed E-state index contributed by atoms with van der Waals surface area (Å²) in [4.78, 5) is 29.9. The van der Waals surface area contributed by atoms with E-state index in [1.54, 1.807) is 4.68 Å². The molecule has 30 heavy (non-hydrogen) atoms. The van der Waals surface area contributed by atoms with Crippen LogP contribution >= 0.6 is 0 Å². The maximum absolute atomic E-state index is 12.7. The highest BCUT2D eigenvalue weighted by Gasteiger charge is 2.17. The van der Waals surface area contributed by atoms with Gasteiger partial charge < -0.3 is 14.8 Å². The van der Waals surface area contributed by atoms with Gasteiger partial charge in [-0.15, -0.1) is 0 Å². The van der Waals surface area contributed by atoms with Crippen molar-refractivity contribution in [3.8, 4) is 17.4 Å². The molecule has 9 nitrogen and oxygen atoms in total. The van der Waals surface area contributed by atoms with Crippen LogP contribution in [0.2, 0.25) is 0 Å². The summed E-state index contributed by atoms with van der Waals surface area (Å²) >= 11 is 0. The van der Waals surface area contributed by atoms with Crippen molar-refractivity contribution in [1.82, 2.24) is 24.6 Å². The van der Waals surface area contributed by atoms with E-state index in [-0.39, 0.29) is 24.8 Å². The van der Waals surface area contributed by atoms with Crippen LogP contribution in [0.15, 0.2) is 35.1 Å². The van der Waals surface area contributed by atoms with Crippen LogP contribution in [0.25, 0.3) is 5.95 Å². The largest absolute Gasteiger partial charge is 0.454 e. The van der Waals surface area contributed by atoms with Crippen LogP contribution in [0.3, 0.4) is 0 Å². The van der Waals surface area contributed by atoms with Gasteiger partial charge in [0.05, 0.1) is 5.69 Å². The summed E-state index contributed by atoms with van der Waals surface area (Å²) in [5, 5.41) is 7.27. The van der Waals surface area contributed by atoms with Crippen LogP contribution in [0.5, 0.6) is 11.5 Å². The highest BCUT2D eigenvalue weighted by molar-refractivity contribution is 5.76. The Morgan fingerprint density at radius 3 is 2.70 bits per heavy atom. The smallest absolute Gasteiger partial charge is 0.255 e. The van der Waals surface area contributed by atoms with Crippen molar-refractivity contribution in [2.75, 3.05) is 6.79 Å². The third-order valence-electron chi connectivity index (χ3n) is 4.83. The van der Waals surface area contributed by atoms with Gasteiger partial charge in [0.25, 0.3) is 5.56 Å². The summed E-state index contributed by atoms with van der Waals surface area (Å²) in [7, 11) is 0. The monoisotopic (exact) mass is 409 g/mol. The zero-order chi connectivity index (χ0) is 21.3. The number of hydrogen-bond acceptors (Lipinski definition) is 6. The molecule has 3 heterocycles. The van der Waals surface area contributed by atoms with Gasteiger partial charge in [0, 0.05) is 24.0 Å². The highest BCUT2D eigenvalue weighted by atomic mass is 16.7. The lowest BCUT2D eigenvalue weighted by molar-refractivity contribution is -0.121. The van der Waals surface area contributed by atoms with E-state index in [1.807, 2.05) is 45.0 Å². The SMILES string of the molecule is CCc1cc(=O)n(CC(=O)NCc2ccc3c(c2)OCO3)c(-n2nc(C)cc2C)n1. The van der Waals surface area contributed by atoms with Crippen LogP contribution in [0.1, 0.15) is 29.6 Å². The van der Waals surface area contributed by atoms with Crippen molar-refractivity contribution in [2.24, 2.45) is 0 Å². The van der Waals surface area contributed by atoms with Gasteiger partial charge in [0.2, 0.25) is 18.6 Å². The van der Waals surface area contributed by atoms with Gasteiger partial charge in [0.15, 0.2) is 11.5 Å². The normalized spacial score (nSPS) is 12.2. The molecule has 1 amide bonds. The Hall–Kier alpha value is -3.62. The molecule has 3 aromatic rings. The van der Waals surface area contributed by atoms with E-state index in [1.165, 1.54) is 10.6 Å². The summed E-state index contributed by atoms with van der Waals surface area (Å²) in [6.07, 6.45) is 0.610. The molecule has 4 rings (SSSR count). The average Bonchev–Trinajstić information content (AvgIpc) is 3.32. The third-order valence-corrected chi connectivity index (χ3v) is 4.83. The van der Waals surface area contributed by atoms with Gasteiger partial charge in [-0.3, -0.25) is 14.2 Å². The summed E-state index contributed by atoms with van der Waals surface area (Å²) in [5.74, 6) is 1.38. The number of nitrogens with one attached hydrogen (secondary N) is 1. The number of amides is 1. The van der Waals surface area contributed by atoms with Gasteiger partial charge in [-0.25, -0.2) is 9.67 Å². The average molecular weight is 409 g/mol. The van der Waals surface area contributed by atoms with Crippen molar-refractivity contribution < 1.29 is 14.3 Å². The Balaban J connectivity index is 1.55. The number of ether oxygens (including phenoxy) is 2. The first-order valence-corrected chi connectivity index (χ1v) is 9.74. The van der Waals surface area contributed by atoms with E-state index in [0.29, 0.717) is 36.1 Å². The van der Waals surface area contributed by atoms with Crippen molar-refractivity contribution in [2.45, 2.75) is 40.3 Å². The molecule has 0 fully saturated rings. The van der Waals surface area contributed by atoms with Gasteiger partial charge in [0.1, 0.15) is 6.54 Å². The maximum Gasteiger partial charge on any atom is 0.255 e. The molecular formula is C21H23N5O4. The molecule has 1 aliphatic rings. The first-order chi connectivity index (χ1) is 14.4. The number of nitrogens with zero attached hydrogens (tertiary/aromatic N) is 4. The minimum atomic E-state index is -0.302. The lowest BCUT2D eigenvalue weighted by Crippen LogP contribution is -2.35. The molecule has 0 unspecified atom stereocenters. The molecule has 0 saturated heterocycles. The fraction of sp³-hybridized carbons (Fsp3) is 0.333. The number of carbonyl (C=O) groups excluding carboxylic acids is 1. The summed E-state index contributed by atoms with van der Waals surface area (Å²) < 4.78 is 13.6. The molecule has 156 valence electrons. The molecule has 1 aromatic carbocycles. The van der Waals surface area contributed by atoms with Crippen LogP contribution in [-0.2, 0) is 24.3 Å². The summed E-state index contributed by atoms with van der Waals surface area (Å²) in [5.41, 5.74) is 2.88. The number of rotatable bonds is 6. The zero-order valence-electron chi connectivity index (χ0n) is 17.1. The maximum atomic E-state index is 12.7. The van der Waals surface area contributed by atoms with E-state index < -0.39 is 0 Å². The minimum Gasteiger partial charge on any atom is -0.454 e. The Morgan fingerprint density at radius 2 is 1.97 bits per heavy atom. The fourth-order valence-corrected chi connectivity index (χ4v) is 3.31. The Kier molecular flexibility index (Phi) is 5.26. The van der Waals surface area contributed by atoms with Gasteiger partial charge in [-0.1, -0.05) is 13.0 Å². The lowest BCUT2D eigenvalue weighted by Gasteiger charge is -2.14. The standard InChI is InChI=1S/C21H23N5O4/c1-4-16-9-20(28)25(21(23-16)26-14(3)7-13(2)24-26)11-19(27)22-10-15-5-6-17-18(8-15)30-12-29-17/h5-9H,4,10-12H2,1-3H3,(H,22,27). The van der Waals surface area contributed by atoms with Crippen molar-refractivity contribution in [3.05, 3.63) is 63.3 Å².